The fourth-order valence-electron chi connectivity index (χ4n) is 1.86. The van der Waals surface area contributed by atoms with Crippen molar-refractivity contribution in [2.45, 2.75) is 19.1 Å². The van der Waals surface area contributed by atoms with Gasteiger partial charge < -0.3 is 5.11 Å². The standard InChI is InChI=1S/C13H15N3O4S/c1-8(2)11(12(18)19)21-7-10(17)16-13(20)15-6-4-3-5-9(15)14-16/h3-6,8,11H,7H2,1-2H3,(H,18,19). The van der Waals surface area contributed by atoms with E-state index in [-0.39, 0.29) is 11.7 Å². The monoisotopic (exact) mass is 309 g/mol. The second-order valence-electron chi connectivity index (χ2n) is 4.83. The summed E-state index contributed by atoms with van der Waals surface area (Å²) in [7, 11) is 0. The number of rotatable bonds is 5. The fraction of sp³-hybridized carbons (Fsp3) is 0.385. The van der Waals surface area contributed by atoms with Crippen LogP contribution in [0.25, 0.3) is 5.65 Å². The fourth-order valence-corrected chi connectivity index (χ4v) is 2.83. The normalized spacial score (nSPS) is 12.7. The Kier molecular flexibility index (Phi) is 4.46. The van der Waals surface area contributed by atoms with Crippen molar-refractivity contribution in [2.24, 2.45) is 5.92 Å². The molecule has 2 rings (SSSR count). The number of hydrogen-bond donors (Lipinski definition) is 1. The van der Waals surface area contributed by atoms with Gasteiger partial charge >= 0.3 is 11.7 Å². The van der Waals surface area contributed by atoms with E-state index in [1.165, 1.54) is 10.6 Å². The van der Waals surface area contributed by atoms with Crippen molar-refractivity contribution in [1.29, 1.82) is 0 Å². The maximum Gasteiger partial charge on any atom is 0.357 e. The number of aromatic nitrogens is 3. The van der Waals surface area contributed by atoms with Crippen molar-refractivity contribution in [2.75, 3.05) is 5.75 Å². The molecular formula is C13H15N3O4S. The van der Waals surface area contributed by atoms with Gasteiger partial charge in [0.2, 0.25) is 0 Å². The van der Waals surface area contributed by atoms with Gasteiger partial charge in [-0.15, -0.1) is 21.5 Å². The van der Waals surface area contributed by atoms with Gasteiger partial charge in [-0.25, -0.2) is 9.20 Å². The molecule has 112 valence electrons. The van der Waals surface area contributed by atoms with Gasteiger partial charge in [-0.2, -0.15) is 0 Å². The molecule has 0 saturated heterocycles. The number of carbonyl (C=O) groups excluding carboxylic acids is 1. The van der Waals surface area contributed by atoms with Crippen molar-refractivity contribution in [3.05, 3.63) is 34.9 Å². The number of carboxylic acid groups (broad SMARTS) is 1. The number of carboxylic acids is 1. The van der Waals surface area contributed by atoms with Crippen molar-refractivity contribution in [1.82, 2.24) is 14.2 Å². The molecule has 7 nitrogen and oxygen atoms in total. The number of nitrogens with zero attached hydrogens (tertiary/aromatic N) is 3. The highest BCUT2D eigenvalue weighted by Gasteiger charge is 2.24. The Morgan fingerprint density at radius 3 is 2.67 bits per heavy atom. The highest BCUT2D eigenvalue weighted by molar-refractivity contribution is 8.01. The van der Waals surface area contributed by atoms with Gasteiger partial charge in [0, 0.05) is 6.20 Å². The first-order chi connectivity index (χ1) is 9.91. The van der Waals surface area contributed by atoms with Crippen molar-refractivity contribution in [3.8, 4) is 0 Å². The molecule has 1 N–H and O–H groups in total. The summed E-state index contributed by atoms with van der Waals surface area (Å²) in [5, 5.41) is 12.3. The molecule has 2 heterocycles. The molecule has 8 heteroatoms. The Labute approximate surface area is 124 Å². The number of pyridine rings is 1. The van der Waals surface area contributed by atoms with Gasteiger partial charge in [0.1, 0.15) is 5.25 Å². The summed E-state index contributed by atoms with van der Waals surface area (Å²) in [6.45, 7) is 3.54. The SMILES string of the molecule is CC(C)C(SCC(=O)n1nc2ccccn2c1=O)C(=O)O. The molecule has 0 spiro atoms. The highest BCUT2D eigenvalue weighted by Crippen LogP contribution is 2.19. The minimum Gasteiger partial charge on any atom is -0.480 e. The number of aliphatic carboxylic acids is 1. The van der Waals surface area contributed by atoms with Crippen LogP contribution in [0.4, 0.5) is 0 Å². The van der Waals surface area contributed by atoms with Crippen LogP contribution >= 0.6 is 11.8 Å². The van der Waals surface area contributed by atoms with E-state index in [4.69, 9.17) is 5.11 Å². The molecule has 2 aromatic rings. The van der Waals surface area contributed by atoms with Crippen LogP contribution in [0, 0.1) is 5.92 Å². The Bertz CT molecular complexity index is 734. The van der Waals surface area contributed by atoms with Gasteiger partial charge in [-0.3, -0.25) is 9.59 Å². The average Bonchev–Trinajstić information content (AvgIpc) is 2.76. The summed E-state index contributed by atoms with van der Waals surface area (Å²) >= 11 is 1.00. The van der Waals surface area contributed by atoms with Crippen LogP contribution in [-0.2, 0) is 4.79 Å². The van der Waals surface area contributed by atoms with Gasteiger partial charge in [0.15, 0.2) is 5.65 Å². The Balaban J connectivity index is 2.18. The van der Waals surface area contributed by atoms with E-state index < -0.39 is 22.8 Å². The van der Waals surface area contributed by atoms with Crippen LogP contribution in [0.15, 0.2) is 29.2 Å². The molecule has 21 heavy (non-hydrogen) atoms. The molecule has 0 fully saturated rings. The van der Waals surface area contributed by atoms with Crippen LogP contribution in [-0.4, -0.2) is 42.2 Å². The van der Waals surface area contributed by atoms with Crippen LogP contribution in [0.5, 0.6) is 0 Å². The zero-order chi connectivity index (χ0) is 15.6. The van der Waals surface area contributed by atoms with Gasteiger partial charge in [0.05, 0.1) is 5.75 Å². The van der Waals surface area contributed by atoms with E-state index in [2.05, 4.69) is 5.10 Å². The van der Waals surface area contributed by atoms with Crippen LogP contribution in [0.3, 0.4) is 0 Å². The van der Waals surface area contributed by atoms with Gasteiger partial charge in [-0.1, -0.05) is 19.9 Å². The molecule has 0 aromatic carbocycles. The maximum atomic E-state index is 12.1. The Hall–Kier alpha value is -2.09. The number of hydrogen-bond acceptors (Lipinski definition) is 5. The summed E-state index contributed by atoms with van der Waals surface area (Å²) < 4.78 is 2.04. The van der Waals surface area contributed by atoms with Crippen LogP contribution < -0.4 is 5.69 Å². The van der Waals surface area contributed by atoms with Crippen molar-refractivity contribution >= 4 is 29.3 Å². The third-order valence-corrected chi connectivity index (χ3v) is 4.42. The second kappa shape index (κ2) is 6.13. The van der Waals surface area contributed by atoms with Crippen LogP contribution in [0.1, 0.15) is 18.6 Å². The molecule has 0 aliphatic rings. The van der Waals surface area contributed by atoms with Crippen molar-refractivity contribution in [3.63, 3.8) is 0 Å². The van der Waals surface area contributed by atoms with Gasteiger partial charge in [-0.05, 0) is 18.1 Å². The topological polar surface area (TPSA) is 93.7 Å². The predicted molar refractivity (Wildman–Crippen MR) is 78.8 cm³/mol. The molecule has 0 radical (unpaired) electrons. The summed E-state index contributed by atoms with van der Waals surface area (Å²) in [6, 6.07) is 5.00. The predicted octanol–water partition coefficient (Wildman–Crippen LogP) is 0.979. The Morgan fingerprint density at radius 1 is 1.38 bits per heavy atom. The van der Waals surface area contributed by atoms with E-state index in [0.717, 1.165) is 16.4 Å². The lowest BCUT2D eigenvalue weighted by atomic mass is 10.1. The quantitative estimate of drug-likeness (QED) is 0.885. The van der Waals surface area contributed by atoms with E-state index >= 15 is 0 Å². The molecule has 2 aromatic heterocycles. The summed E-state index contributed by atoms with van der Waals surface area (Å²) in [5.41, 5.74) is -0.174. The second-order valence-corrected chi connectivity index (χ2v) is 5.96. The lowest BCUT2D eigenvalue weighted by Crippen LogP contribution is -2.31. The lowest BCUT2D eigenvalue weighted by Gasteiger charge is -2.14. The molecule has 0 amide bonds. The smallest absolute Gasteiger partial charge is 0.357 e. The first-order valence-corrected chi connectivity index (χ1v) is 7.40. The molecule has 0 saturated carbocycles. The molecule has 1 atom stereocenters. The first kappa shape index (κ1) is 15.3. The van der Waals surface area contributed by atoms with Crippen LogP contribution in [0.2, 0.25) is 0 Å². The number of thioether (sulfide) groups is 1. The van der Waals surface area contributed by atoms with Gasteiger partial charge in [0.25, 0.3) is 5.91 Å². The molecule has 0 aliphatic carbocycles. The van der Waals surface area contributed by atoms with Crippen molar-refractivity contribution < 1.29 is 14.7 Å². The summed E-state index contributed by atoms with van der Waals surface area (Å²) in [6.07, 6.45) is 1.52. The van der Waals surface area contributed by atoms with E-state index in [1.807, 2.05) is 0 Å². The zero-order valence-corrected chi connectivity index (χ0v) is 12.4. The highest BCUT2D eigenvalue weighted by atomic mass is 32.2. The third-order valence-electron chi connectivity index (χ3n) is 2.90. The van der Waals surface area contributed by atoms with E-state index in [9.17, 15) is 14.4 Å². The largest absolute Gasteiger partial charge is 0.480 e. The number of fused-ring (bicyclic) bond motifs is 1. The molecule has 0 bridgehead atoms. The summed E-state index contributed by atoms with van der Waals surface area (Å²) in [5.74, 6) is -1.72. The lowest BCUT2D eigenvalue weighted by molar-refractivity contribution is -0.137. The molecule has 0 aliphatic heterocycles. The zero-order valence-electron chi connectivity index (χ0n) is 11.6. The maximum absolute atomic E-state index is 12.1. The molecular weight excluding hydrogens is 294 g/mol. The summed E-state index contributed by atoms with van der Waals surface area (Å²) in [4.78, 5) is 35.1. The molecule has 1 unspecified atom stereocenters. The average molecular weight is 309 g/mol. The minimum absolute atomic E-state index is 0.112. The van der Waals surface area contributed by atoms with E-state index in [0.29, 0.717) is 5.65 Å². The number of carbonyl (C=O) groups is 2. The van der Waals surface area contributed by atoms with E-state index in [1.54, 1.807) is 32.0 Å². The first-order valence-electron chi connectivity index (χ1n) is 6.36. The minimum atomic E-state index is -0.967. The third kappa shape index (κ3) is 3.15. The Morgan fingerprint density at radius 2 is 2.10 bits per heavy atom.